The molecule has 0 atom stereocenters. The Bertz CT molecular complexity index is 994. The normalized spacial score (nSPS) is 14.9. The quantitative estimate of drug-likeness (QED) is 0.570. The van der Waals surface area contributed by atoms with Gasteiger partial charge in [-0.05, 0) is 38.1 Å². The van der Waals surface area contributed by atoms with Gasteiger partial charge < -0.3 is 14.2 Å². The second-order valence-corrected chi connectivity index (χ2v) is 8.11. The smallest absolute Gasteiger partial charge is 0.241 e. The Labute approximate surface area is 183 Å². The Kier molecular flexibility index (Phi) is 6.46. The summed E-state index contributed by atoms with van der Waals surface area (Å²) >= 11 is 0. The predicted molar refractivity (Wildman–Crippen MR) is 119 cm³/mol. The van der Waals surface area contributed by atoms with Crippen LogP contribution < -0.4 is 9.64 Å². The monoisotopic (exact) mass is 422 g/mol. The molecule has 0 bridgehead atoms. The first-order valence-electron chi connectivity index (χ1n) is 10.9. The van der Waals surface area contributed by atoms with E-state index in [0.717, 1.165) is 54.8 Å². The van der Waals surface area contributed by atoms with Crippen LogP contribution in [-0.4, -0.2) is 57.8 Å². The average Bonchev–Trinajstić information content (AvgIpc) is 3.23. The first-order chi connectivity index (χ1) is 15.0. The molecule has 0 amide bonds. The highest BCUT2D eigenvalue weighted by Gasteiger charge is 2.21. The van der Waals surface area contributed by atoms with E-state index in [2.05, 4.69) is 44.8 Å². The topological polar surface area (TPSA) is 80.4 Å². The molecular formula is C23H30N6O2. The lowest BCUT2D eigenvalue weighted by atomic mass is 10.2. The van der Waals surface area contributed by atoms with Crippen LogP contribution in [0.2, 0.25) is 0 Å². The van der Waals surface area contributed by atoms with Crippen molar-refractivity contribution < 1.29 is 9.26 Å². The molecule has 0 aliphatic carbocycles. The Hall–Kier alpha value is -3.00. The molecule has 1 aliphatic rings. The van der Waals surface area contributed by atoms with Gasteiger partial charge in [0, 0.05) is 49.4 Å². The van der Waals surface area contributed by atoms with Gasteiger partial charge in [0.15, 0.2) is 0 Å². The van der Waals surface area contributed by atoms with Crippen molar-refractivity contribution in [1.82, 2.24) is 25.0 Å². The van der Waals surface area contributed by atoms with Crippen molar-refractivity contribution in [2.75, 3.05) is 37.7 Å². The number of benzene rings is 1. The maximum absolute atomic E-state index is 5.50. The largest absolute Gasteiger partial charge is 0.494 e. The van der Waals surface area contributed by atoms with E-state index in [0.29, 0.717) is 30.8 Å². The molecule has 3 aromatic rings. The Balaban J connectivity index is 1.34. The van der Waals surface area contributed by atoms with Crippen LogP contribution in [0.4, 0.5) is 5.82 Å². The van der Waals surface area contributed by atoms with Crippen molar-refractivity contribution in [3.63, 3.8) is 0 Å². The van der Waals surface area contributed by atoms with Gasteiger partial charge in [0.1, 0.15) is 17.4 Å². The van der Waals surface area contributed by atoms with Crippen molar-refractivity contribution >= 4 is 5.82 Å². The van der Waals surface area contributed by atoms with Crippen molar-refractivity contribution in [2.24, 2.45) is 0 Å². The molecule has 164 valence electrons. The Morgan fingerprint density at radius 3 is 2.45 bits per heavy atom. The molecular weight excluding hydrogens is 392 g/mol. The molecule has 31 heavy (non-hydrogen) atoms. The number of anilines is 1. The minimum atomic E-state index is 0.321. The minimum absolute atomic E-state index is 0.321. The number of nitrogens with zero attached hydrogens (tertiary/aromatic N) is 6. The van der Waals surface area contributed by atoms with Crippen LogP contribution in [0, 0.1) is 6.92 Å². The van der Waals surface area contributed by atoms with E-state index in [1.807, 2.05) is 38.1 Å². The van der Waals surface area contributed by atoms with E-state index in [4.69, 9.17) is 14.2 Å². The lowest BCUT2D eigenvalue weighted by Gasteiger charge is -2.34. The van der Waals surface area contributed by atoms with Crippen molar-refractivity contribution in [3.8, 4) is 17.1 Å². The lowest BCUT2D eigenvalue weighted by Crippen LogP contribution is -2.46. The fourth-order valence-electron chi connectivity index (χ4n) is 3.62. The molecule has 0 radical (unpaired) electrons. The third-order valence-electron chi connectivity index (χ3n) is 5.32. The van der Waals surface area contributed by atoms with Crippen molar-refractivity contribution in [1.29, 1.82) is 0 Å². The van der Waals surface area contributed by atoms with Gasteiger partial charge in [0.2, 0.25) is 11.7 Å². The highest BCUT2D eigenvalue weighted by molar-refractivity contribution is 5.55. The fraction of sp³-hybridized carbons (Fsp3) is 0.478. The molecule has 1 aliphatic heterocycles. The number of hydrogen-bond donors (Lipinski definition) is 0. The molecule has 0 N–H and O–H groups in total. The van der Waals surface area contributed by atoms with Crippen LogP contribution >= 0.6 is 0 Å². The number of aromatic nitrogens is 4. The van der Waals surface area contributed by atoms with Crippen LogP contribution in [-0.2, 0) is 6.54 Å². The summed E-state index contributed by atoms with van der Waals surface area (Å²) in [6.45, 7) is 13.2. The predicted octanol–water partition coefficient (Wildman–Crippen LogP) is 3.68. The van der Waals surface area contributed by atoms with Gasteiger partial charge in [-0.3, -0.25) is 4.90 Å². The standard InChI is InChI=1S/C23H30N6O2/c1-5-30-19-8-6-18(7-9-19)23-26-21(31-27-23)15-28-10-12-29(13-11-28)20-14-17(4)24-22(25-20)16(2)3/h6-9,14,16H,5,10-13,15H2,1-4H3. The van der Waals surface area contributed by atoms with E-state index in [9.17, 15) is 0 Å². The zero-order valence-electron chi connectivity index (χ0n) is 18.7. The summed E-state index contributed by atoms with van der Waals surface area (Å²) in [5.74, 6) is 4.33. The molecule has 8 nitrogen and oxygen atoms in total. The zero-order valence-corrected chi connectivity index (χ0v) is 18.7. The number of aryl methyl sites for hydroxylation is 1. The Morgan fingerprint density at radius 2 is 1.77 bits per heavy atom. The third kappa shape index (κ3) is 5.19. The highest BCUT2D eigenvalue weighted by Crippen LogP contribution is 2.22. The summed E-state index contributed by atoms with van der Waals surface area (Å²) in [5, 5.41) is 4.15. The zero-order chi connectivity index (χ0) is 21.8. The van der Waals surface area contributed by atoms with E-state index in [-0.39, 0.29) is 0 Å². The maximum atomic E-state index is 5.50. The van der Waals surface area contributed by atoms with Crippen LogP contribution in [0.5, 0.6) is 5.75 Å². The van der Waals surface area contributed by atoms with Crippen molar-refractivity contribution in [2.45, 2.75) is 40.2 Å². The van der Waals surface area contributed by atoms with Crippen LogP contribution in [0.1, 0.15) is 44.1 Å². The van der Waals surface area contributed by atoms with Gasteiger partial charge in [-0.15, -0.1) is 0 Å². The van der Waals surface area contributed by atoms with Crippen LogP contribution in [0.3, 0.4) is 0 Å². The molecule has 1 fully saturated rings. The summed E-state index contributed by atoms with van der Waals surface area (Å²) < 4.78 is 11.0. The third-order valence-corrected chi connectivity index (χ3v) is 5.32. The molecule has 0 saturated carbocycles. The number of rotatable bonds is 7. The summed E-state index contributed by atoms with van der Waals surface area (Å²) in [7, 11) is 0. The van der Waals surface area contributed by atoms with E-state index < -0.39 is 0 Å². The van der Waals surface area contributed by atoms with Gasteiger partial charge in [-0.25, -0.2) is 9.97 Å². The minimum Gasteiger partial charge on any atom is -0.494 e. The molecule has 0 spiro atoms. The number of ether oxygens (including phenoxy) is 1. The van der Waals surface area contributed by atoms with Gasteiger partial charge in [-0.1, -0.05) is 19.0 Å². The van der Waals surface area contributed by atoms with Gasteiger partial charge >= 0.3 is 0 Å². The summed E-state index contributed by atoms with van der Waals surface area (Å²) in [6, 6.07) is 9.82. The van der Waals surface area contributed by atoms with E-state index in [1.54, 1.807) is 0 Å². The van der Waals surface area contributed by atoms with E-state index >= 15 is 0 Å². The molecule has 3 heterocycles. The molecule has 2 aromatic heterocycles. The summed E-state index contributed by atoms with van der Waals surface area (Å²) in [4.78, 5) is 18.6. The Morgan fingerprint density at radius 1 is 1.03 bits per heavy atom. The van der Waals surface area contributed by atoms with Crippen LogP contribution in [0.25, 0.3) is 11.4 Å². The second-order valence-electron chi connectivity index (χ2n) is 8.11. The highest BCUT2D eigenvalue weighted by atomic mass is 16.5. The number of piperazine rings is 1. The van der Waals surface area contributed by atoms with Gasteiger partial charge in [0.25, 0.3) is 0 Å². The average molecular weight is 423 g/mol. The fourth-order valence-corrected chi connectivity index (χ4v) is 3.62. The summed E-state index contributed by atoms with van der Waals surface area (Å²) in [6.07, 6.45) is 0. The maximum Gasteiger partial charge on any atom is 0.241 e. The molecule has 0 unspecified atom stereocenters. The molecule has 1 aromatic carbocycles. The van der Waals surface area contributed by atoms with E-state index in [1.165, 1.54) is 0 Å². The molecule has 4 rings (SSSR count). The van der Waals surface area contributed by atoms with Gasteiger partial charge in [-0.2, -0.15) is 4.98 Å². The second kappa shape index (κ2) is 9.43. The lowest BCUT2D eigenvalue weighted by molar-refractivity contribution is 0.215. The molecule has 1 saturated heterocycles. The van der Waals surface area contributed by atoms with Gasteiger partial charge in [0.05, 0.1) is 13.2 Å². The van der Waals surface area contributed by atoms with Crippen molar-refractivity contribution in [3.05, 3.63) is 47.7 Å². The SMILES string of the molecule is CCOc1ccc(-c2noc(CN3CCN(c4cc(C)nc(C(C)C)n4)CC3)n2)cc1. The first-order valence-corrected chi connectivity index (χ1v) is 10.9. The molecule has 8 heteroatoms. The number of hydrogen-bond acceptors (Lipinski definition) is 8. The first kappa shape index (κ1) is 21.2. The van der Waals surface area contributed by atoms with Crippen LogP contribution in [0.15, 0.2) is 34.9 Å². The summed E-state index contributed by atoms with van der Waals surface area (Å²) in [5.41, 5.74) is 1.94.